The van der Waals surface area contributed by atoms with Crippen molar-refractivity contribution in [3.05, 3.63) is 74.4 Å². The fourth-order valence-electron chi connectivity index (χ4n) is 3.66. The number of allylic oxidation sites excluding steroid dienone is 2. The van der Waals surface area contributed by atoms with Gasteiger partial charge in [-0.15, -0.1) is 0 Å². The quantitative estimate of drug-likeness (QED) is 0.541. The number of hydrogen-bond donors (Lipinski definition) is 1. The molecular weight excluding hydrogens is 409 g/mol. The molecule has 4 heteroatoms. The van der Waals surface area contributed by atoms with E-state index in [1.54, 1.807) is 0 Å². The van der Waals surface area contributed by atoms with E-state index in [-0.39, 0.29) is 17.8 Å². The lowest BCUT2D eigenvalue weighted by Gasteiger charge is -2.38. The molecule has 112 valence electrons. The number of anilines is 1. The van der Waals surface area contributed by atoms with Gasteiger partial charge in [0.2, 0.25) is 0 Å². The summed E-state index contributed by atoms with van der Waals surface area (Å²) in [6.07, 6.45) is 5.45. The van der Waals surface area contributed by atoms with Crippen LogP contribution in [-0.4, -0.2) is 0 Å². The van der Waals surface area contributed by atoms with E-state index in [1.165, 1.54) is 11.6 Å². The predicted octanol–water partition coefficient (Wildman–Crippen LogP) is 6.18. The molecule has 0 saturated heterocycles. The third kappa shape index (κ3) is 2.24. The van der Waals surface area contributed by atoms with Crippen molar-refractivity contribution in [1.82, 2.24) is 0 Å². The van der Waals surface area contributed by atoms with Gasteiger partial charge in [-0.1, -0.05) is 62.2 Å². The third-order valence-electron chi connectivity index (χ3n) is 4.63. The van der Waals surface area contributed by atoms with Crippen LogP contribution in [0.1, 0.15) is 29.5 Å². The van der Waals surface area contributed by atoms with Crippen LogP contribution in [0.4, 0.5) is 10.1 Å². The Hall–Kier alpha value is -1.13. The Morgan fingerprint density at radius 3 is 2.73 bits per heavy atom. The Labute approximate surface area is 145 Å². The van der Waals surface area contributed by atoms with Crippen LogP contribution in [0, 0.1) is 11.7 Å². The van der Waals surface area contributed by atoms with Gasteiger partial charge in [-0.05, 0) is 41.7 Å². The molecule has 1 nitrogen and oxygen atoms in total. The highest BCUT2D eigenvalue weighted by atomic mass is 79.9. The molecule has 1 aliphatic heterocycles. The standard InChI is InChI=1S/C18H14Br2FN/c19-10-8-14-11-5-3-6-12(11)17(22-18(14)16(21)9-10)13-4-1-2-7-15(13)20/h1-5,7-9,11-12,17,22H,6H2/t11-,12-,17+/m1/s1. The van der Waals surface area contributed by atoms with E-state index in [1.807, 2.05) is 24.3 Å². The molecule has 0 aromatic heterocycles. The summed E-state index contributed by atoms with van der Waals surface area (Å²) in [6, 6.07) is 11.9. The SMILES string of the molecule is Fc1cc(Br)cc2c1N[C@H](c1ccccc1Br)[C@@H]1CC=C[C@@H]21. The zero-order chi connectivity index (χ0) is 15.3. The highest BCUT2D eigenvalue weighted by Crippen LogP contribution is 2.51. The molecule has 0 unspecified atom stereocenters. The first-order valence-electron chi connectivity index (χ1n) is 7.31. The van der Waals surface area contributed by atoms with Gasteiger partial charge in [-0.2, -0.15) is 0 Å². The van der Waals surface area contributed by atoms with Gasteiger partial charge in [0.05, 0.1) is 11.7 Å². The Kier molecular flexibility index (Phi) is 3.61. The summed E-state index contributed by atoms with van der Waals surface area (Å²) in [5.41, 5.74) is 2.87. The lowest BCUT2D eigenvalue weighted by Crippen LogP contribution is -2.30. The molecule has 2 aliphatic rings. The van der Waals surface area contributed by atoms with E-state index in [9.17, 15) is 4.39 Å². The second-order valence-corrected chi connectivity index (χ2v) is 7.62. The lowest BCUT2D eigenvalue weighted by molar-refractivity contribution is 0.419. The van der Waals surface area contributed by atoms with Crippen LogP contribution in [-0.2, 0) is 0 Å². The van der Waals surface area contributed by atoms with E-state index in [2.05, 4.69) is 55.4 Å². The van der Waals surface area contributed by atoms with Gasteiger partial charge in [0, 0.05) is 14.9 Å². The summed E-state index contributed by atoms with van der Waals surface area (Å²) in [4.78, 5) is 0. The van der Waals surface area contributed by atoms with Gasteiger partial charge >= 0.3 is 0 Å². The molecule has 1 aliphatic carbocycles. The zero-order valence-electron chi connectivity index (χ0n) is 11.7. The Balaban J connectivity index is 1.86. The molecule has 2 aromatic carbocycles. The number of halogens is 3. The van der Waals surface area contributed by atoms with Crippen molar-refractivity contribution in [3.63, 3.8) is 0 Å². The van der Waals surface area contributed by atoms with E-state index in [0.29, 0.717) is 11.6 Å². The van der Waals surface area contributed by atoms with E-state index >= 15 is 0 Å². The normalized spacial score (nSPS) is 25.5. The van der Waals surface area contributed by atoms with Crippen molar-refractivity contribution in [3.8, 4) is 0 Å². The second kappa shape index (κ2) is 5.50. The number of fused-ring (bicyclic) bond motifs is 3. The van der Waals surface area contributed by atoms with Crippen LogP contribution in [0.15, 0.2) is 57.5 Å². The molecule has 1 N–H and O–H groups in total. The first kappa shape index (κ1) is 14.5. The number of rotatable bonds is 1. The summed E-state index contributed by atoms with van der Waals surface area (Å²) in [5, 5.41) is 3.46. The molecule has 0 radical (unpaired) electrons. The summed E-state index contributed by atoms with van der Waals surface area (Å²) in [6.45, 7) is 0. The van der Waals surface area contributed by atoms with Crippen molar-refractivity contribution in [2.75, 3.05) is 5.32 Å². The molecule has 0 amide bonds. The van der Waals surface area contributed by atoms with Crippen molar-refractivity contribution in [2.24, 2.45) is 5.92 Å². The second-order valence-electron chi connectivity index (χ2n) is 5.85. The van der Waals surface area contributed by atoms with Crippen LogP contribution >= 0.6 is 31.9 Å². The van der Waals surface area contributed by atoms with E-state index < -0.39 is 0 Å². The molecule has 0 bridgehead atoms. The van der Waals surface area contributed by atoms with Crippen molar-refractivity contribution < 1.29 is 4.39 Å². The smallest absolute Gasteiger partial charge is 0.147 e. The fourth-order valence-corrected chi connectivity index (χ4v) is 4.64. The molecule has 22 heavy (non-hydrogen) atoms. The van der Waals surface area contributed by atoms with Gasteiger partial charge < -0.3 is 5.32 Å². The molecular formula is C18H14Br2FN. The lowest BCUT2D eigenvalue weighted by atomic mass is 9.77. The van der Waals surface area contributed by atoms with Crippen molar-refractivity contribution in [1.29, 1.82) is 0 Å². The highest BCUT2D eigenvalue weighted by molar-refractivity contribution is 9.10. The monoisotopic (exact) mass is 421 g/mol. The van der Waals surface area contributed by atoms with Crippen molar-refractivity contribution in [2.45, 2.75) is 18.4 Å². The van der Waals surface area contributed by atoms with Gasteiger partial charge in [0.25, 0.3) is 0 Å². The van der Waals surface area contributed by atoms with E-state index in [4.69, 9.17) is 0 Å². The first-order valence-corrected chi connectivity index (χ1v) is 8.90. The summed E-state index contributed by atoms with van der Waals surface area (Å²) < 4.78 is 16.3. The average Bonchev–Trinajstić information content (AvgIpc) is 2.97. The van der Waals surface area contributed by atoms with Crippen LogP contribution in [0.2, 0.25) is 0 Å². The Morgan fingerprint density at radius 1 is 1.09 bits per heavy atom. The number of benzene rings is 2. The Bertz CT molecular complexity index is 772. The maximum atomic E-state index is 14.5. The van der Waals surface area contributed by atoms with Gasteiger partial charge in [-0.25, -0.2) is 4.39 Å². The average molecular weight is 423 g/mol. The number of nitrogens with one attached hydrogen (secondary N) is 1. The third-order valence-corrected chi connectivity index (χ3v) is 5.81. The largest absolute Gasteiger partial charge is 0.375 e. The highest BCUT2D eigenvalue weighted by Gasteiger charge is 2.39. The summed E-state index contributed by atoms with van der Waals surface area (Å²) in [5.74, 6) is 0.487. The van der Waals surface area contributed by atoms with E-state index in [0.717, 1.165) is 20.9 Å². The van der Waals surface area contributed by atoms with Gasteiger partial charge in [-0.3, -0.25) is 0 Å². The maximum Gasteiger partial charge on any atom is 0.147 e. The molecule has 4 rings (SSSR count). The van der Waals surface area contributed by atoms with Crippen LogP contribution < -0.4 is 5.32 Å². The minimum Gasteiger partial charge on any atom is -0.375 e. The molecule has 2 aromatic rings. The molecule has 0 spiro atoms. The van der Waals surface area contributed by atoms with Crippen LogP contribution in [0.5, 0.6) is 0 Å². The topological polar surface area (TPSA) is 12.0 Å². The number of hydrogen-bond acceptors (Lipinski definition) is 1. The molecule has 0 fully saturated rings. The minimum atomic E-state index is -0.194. The van der Waals surface area contributed by atoms with Crippen LogP contribution in [0.25, 0.3) is 0 Å². The van der Waals surface area contributed by atoms with Gasteiger partial charge in [0.1, 0.15) is 5.82 Å². The first-order chi connectivity index (χ1) is 10.6. The summed E-state index contributed by atoms with van der Waals surface area (Å²) >= 11 is 7.05. The zero-order valence-corrected chi connectivity index (χ0v) is 14.9. The fraction of sp³-hybridized carbons (Fsp3) is 0.222. The molecule has 1 heterocycles. The van der Waals surface area contributed by atoms with Gasteiger partial charge in [0.15, 0.2) is 0 Å². The van der Waals surface area contributed by atoms with Crippen LogP contribution in [0.3, 0.4) is 0 Å². The van der Waals surface area contributed by atoms with Crippen molar-refractivity contribution >= 4 is 37.5 Å². The predicted molar refractivity (Wildman–Crippen MR) is 94.6 cm³/mol. The maximum absolute atomic E-state index is 14.5. The summed E-state index contributed by atoms with van der Waals surface area (Å²) in [7, 11) is 0. The Morgan fingerprint density at radius 2 is 1.91 bits per heavy atom. The molecule has 0 saturated carbocycles. The molecule has 3 atom stereocenters. The minimum absolute atomic E-state index is 0.110.